The van der Waals surface area contributed by atoms with Gasteiger partial charge in [-0.05, 0) is 38.2 Å². The molecule has 0 heterocycles. The smallest absolute Gasteiger partial charge is 0.0895 e. The van der Waals surface area contributed by atoms with E-state index in [4.69, 9.17) is 0 Å². The summed E-state index contributed by atoms with van der Waals surface area (Å²) in [5.41, 5.74) is 1.19. The van der Waals surface area contributed by atoms with E-state index in [1.54, 1.807) is 0 Å². The van der Waals surface area contributed by atoms with Crippen LogP contribution in [0.2, 0.25) is 0 Å². The highest BCUT2D eigenvalue weighted by molar-refractivity contribution is 5.13. The van der Waals surface area contributed by atoms with E-state index in [2.05, 4.69) is 24.6 Å². The summed E-state index contributed by atoms with van der Waals surface area (Å²) in [6.45, 7) is 6.58. The molecule has 0 radical (unpaired) electrons. The fraction of sp³-hybridized carbons (Fsp3) is 0.667. The van der Waals surface area contributed by atoms with Crippen molar-refractivity contribution in [2.75, 3.05) is 13.2 Å². The van der Waals surface area contributed by atoms with Gasteiger partial charge in [-0.1, -0.05) is 12.7 Å². The van der Waals surface area contributed by atoms with Gasteiger partial charge in [-0.2, -0.15) is 0 Å². The van der Waals surface area contributed by atoms with Crippen LogP contribution < -0.4 is 0 Å². The molecule has 14 heavy (non-hydrogen) atoms. The van der Waals surface area contributed by atoms with Crippen LogP contribution in [-0.2, 0) is 0 Å². The zero-order valence-corrected chi connectivity index (χ0v) is 9.01. The van der Waals surface area contributed by atoms with Crippen LogP contribution in [0, 0.1) is 0 Å². The number of alkyl halides is 1. The predicted molar refractivity (Wildman–Crippen MR) is 58.9 cm³/mol. The Kier molecular flexibility index (Phi) is 4.71. The summed E-state index contributed by atoms with van der Waals surface area (Å²) < 4.78 is 11.9. The van der Waals surface area contributed by atoms with Gasteiger partial charge in [-0.3, -0.25) is 4.39 Å². The SMILES string of the molecule is C=C/C(C)=C\N(CCCCF)C1CC1. The first-order chi connectivity index (χ1) is 6.77. The summed E-state index contributed by atoms with van der Waals surface area (Å²) in [7, 11) is 0. The molecule has 1 rings (SSSR count). The van der Waals surface area contributed by atoms with Crippen molar-refractivity contribution in [1.82, 2.24) is 4.90 Å². The second-order valence-electron chi connectivity index (χ2n) is 3.94. The number of halogens is 1. The zero-order valence-electron chi connectivity index (χ0n) is 9.01. The highest BCUT2D eigenvalue weighted by Gasteiger charge is 2.26. The predicted octanol–water partition coefficient (Wildman–Crippen LogP) is 3.29. The molecule has 1 nitrogen and oxygen atoms in total. The van der Waals surface area contributed by atoms with Gasteiger partial charge in [-0.25, -0.2) is 0 Å². The first-order valence-corrected chi connectivity index (χ1v) is 5.40. The lowest BCUT2D eigenvalue weighted by molar-refractivity contribution is 0.341. The maximum Gasteiger partial charge on any atom is 0.0895 e. The highest BCUT2D eigenvalue weighted by atomic mass is 19.1. The van der Waals surface area contributed by atoms with Gasteiger partial charge in [0.2, 0.25) is 0 Å². The number of hydrogen-bond donors (Lipinski definition) is 0. The Morgan fingerprint density at radius 3 is 2.71 bits per heavy atom. The molecule has 0 unspecified atom stereocenters. The van der Waals surface area contributed by atoms with Crippen LogP contribution in [0.1, 0.15) is 32.6 Å². The third-order valence-corrected chi connectivity index (χ3v) is 2.51. The van der Waals surface area contributed by atoms with Gasteiger partial charge in [-0.15, -0.1) is 0 Å². The largest absolute Gasteiger partial charge is 0.374 e. The minimum Gasteiger partial charge on any atom is -0.374 e. The van der Waals surface area contributed by atoms with Gasteiger partial charge in [0.05, 0.1) is 6.67 Å². The summed E-state index contributed by atoms with van der Waals surface area (Å²) in [5.74, 6) is 0. The second kappa shape index (κ2) is 5.84. The van der Waals surface area contributed by atoms with Crippen LogP contribution in [0.5, 0.6) is 0 Å². The molecule has 0 saturated heterocycles. The Morgan fingerprint density at radius 1 is 1.50 bits per heavy atom. The molecule has 1 fully saturated rings. The van der Waals surface area contributed by atoms with Crippen LogP contribution >= 0.6 is 0 Å². The van der Waals surface area contributed by atoms with Crippen molar-refractivity contribution in [1.29, 1.82) is 0 Å². The maximum absolute atomic E-state index is 11.9. The monoisotopic (exact) mass is 197 g/mol. The molecule has 0 aliphatic heterocycles. The van der Waals surface area contributed by atoms with E-state index < -0.39 is 0 Å². The Labute approximate surface area is 86.3 Å². The summed E-state index contributed by atoms with van der Waals surface area (Å²) in [6.07, 6.45) is 8.23. The Balaban J connectivity index is 2.35. The Hall–Kier alpha value is -0.790. The summed E-state index contributed by atoms with van der Waals surface area (Å²) in [5, 5.41) is 0. The third kappa shape index (κ3) is 3.95. The van der Waals surface area contributed by atoms with Crippen LogP contribution in [0.3, 0.4) is 0 Å². The lowest BCUT2D eigenvalue weighted by Crippen LogP contribution is -2.21. The van der Waals surface area contributed by atoms with Crippen LogP contribution in [0.25, 0.3) is 0 Å². The quantitative estimate of drug-likeness (QED) is 0.447. The molecule has 1 aliphatic carbocycles. The lowest BCUT2D eigenvalue weighted by atomic mass is 10.2. The average molecular weight is 197 g/mol. The topological polar surface area (TPSA) is 3.24 Å². The fourth-order valence-corrected chi connectivity index (χ4v) is 1.46. The average Bonchev–Trinajstić information content (AvgIpc) is 2.99. The standard InChI is InChI=1S/C12H20FN/c1-3-11(2)10-14(12-6-7-12)9-5-4-8-13/h3,10,12H,1,4-9H2,2H3/b11-10-. The van der Waals surface area contributed by atoms with Gasteiger partial charge in [0.1, 0.15) is 0 Å². The molecule has 0 atom stereocenters. The lowest BCUT2D eigenvalue weighted by Gasteiger charge is -2.20. The molecule has 1 aliphatic rings. The van der Waals surface area contributed by atoms with E-state index in [9.17, 15) is 4.39 Å². The molecule has 0 aromatic rings. The van der Waals surface area contributed by atoms with Crippen LogP contribution in [0.15, 0.2) is 24.4 Å². The third-order valence-electron chi connectivity index (χ3n) is 2.51. The van der Waals surface area contributed by atoms with E-state index in [0.29, 0.717) is 12.5 Å². The Morgan fingerprint density at radius 2 is 2.21 bits per heavy atom. The molecule has 0 aromatic heterocycles. The van der Waals surface area contributed by atoms with E-state index in [1.807, 2.05) is 6.08 Å². The summed E-state index contributed by atoms with van der Waals surface area (Å²) in [4.78, 5) is 2.34. The molecule has 2 heteroatoms. The first-order valence-electron chi connectivity index (χ1n) is 5.40. The minimum atomic E-state index is -0.192. The van der Waals surface area contributed by atoms with Crippen LogP contribution in [-0.4, -0.2) is 24.2 Å². The molecular formula is C12H20FN. The molecule has 0 aromatic carbocycles. The van der Waals surface area contributed by atoms with Gasteiger partial charge in [0.15, 0.2) is 0 Å². The summed E-state index contributed by atoms with van der Waals surface area (Å²) >= 11 is 0. The number of hydrogen-bond acceptors (Lipinski definition) is 1. The van der Waals surface area contributed by atoms with Crippen LogP contribution in [0.4, 0.5) is 4.39 Å². The van der Waals surface area contributed by atoms with E-state index in [-0.39, 0.29) is 6.67 Å². The molecule has 0 amide bonds. The van der Waals surface area contributed by atoms with E-state index >= 15 is 0 Å². The number of allylic oxidation sites excluding steroid dienone is 2. The van der Waals surface area contributed by atoms with E-state index in [0.717, 1.165) is 13.0 Å². The molecular weight excluding hydrogens is 177 g/mol. The minimum absolute atomic E-state index is 0.192. The molecule has 0 N–H and O–H groups in total. The Bertz CT molecular complexity index is 206. The second-order valence-corrected chi connectivity index (χ2v) is 3.94. The molecule has 0 bridgehead atoms. The van der Waals surface area contributed by atoms with Gasteiger partial charge in [0.25, 0.3) is 0 Å². The number of unbranched alkanes of at least 4 members (excludes halogenated alkanes) is 1. The number of rotatable bonds is 7. The van der Waals surface area contributed by atoms with Crippen molar-refractivity contribution in [3.05, 3.63) is 24.4 Å². The normalized spacial score (nSPS) is 16.9. The van der Waals surface area contributed by atoms with Gasteiger partial charge in [0, 0.05) is 18.8 Å². The van der Waals surface area contributed by atoms with E-state index in [1.165, 1.54) is 18.4 Å². The van der Waals surface area contributed by atoms with Crippen molar-refractivity contribution < 1.29 is 4.39 Å². The first kappa shape index (κ1) is 11.3. The zero-order chi connectivity index (χ0) is 10.4. The molecule has 80 valence electrons. The van der Waals surface area contributed by atoms with Crippen molar-refractivity contribution in [3.63, 3.8) is 0 Å². The van der Waals surface area contributed by atoms with Crippen molar-refractivity contribution in [3.8, 4) is 0 Å². The van der Waals surface area contributed by atoms with Gasteiger partial charge < -0.3 is 4.90 Å². The van der Waals surface area contributed by atoms with Gasteiger partial charge >= 0.3 is 0 Å². The highest BCUT2D eigenvalue weighted by Crippen LogP contribution is 2.27. The van der Waals surface area contributed by atoms with Crippen molar-refractivity contribution in [2.24, 2.45) is 0 Å². The number of nitrogens with zero attached hydrogens (tertiary/aromatic N) is 1. The van der Waals surface area contributed by atoms with Crippen molar-refractivity contribution >= 4 is 0 Å². The van der Waals surface area contributed by atoms with Crippen molar-refractivity contribution in [2.45, 2.75) is 38.6 Å². The molecule has 0 spiro atoms. The fourth-order valence-electron chi connectivity index (χ4n) is 1.46. The molecule has 1 saturated carbocycles. The summed E-state index contributed by atoms with van der Waals surface area (Å²) in [6, 6.07) is 0.713. The maximum atomic E-state index is 11.9.